The number of nitrogens with one attached hydrogen (secondary N) is 2. The standard InChI is InChI=1S/C22H21F2N5O5S/c1-13-14(2)26-34-21(13)27-35(32,33)17-6-3-15(4-7-17)25-20(30)12-28-9-10-29(22(28)31)16-5-8-18(23)19(24)11-16/h3-8,11,27H,9-10,12H2,1-2H3,(H,25,30). The maximum absolute atomic E-state index is 13.5. The smallest absolute Gasteiger partial charge is 0.325 e. The van der Waals surface area contributed by atoms with Crippen LogP contribution >= 0.6 is 0 Å². The zero-order chi connectivity index (χ0) is 25.3. The molecule has 2 N–H and O–H groups in total. The van der Waals surface area contributed by atoms with Crippen LogP contribution in [0.2, 0.25) is 0 Å². The lowest BCUT2D eigenvalue weighted by molar-refractivity contribution is -0.116. The number of carbonyl (C=O) groups is 2. The molecule has 1 aromatic heterocycles. The van der Waals surface area contributed by atoms with E-state index in [9.17, 15) is 26.8 Å². The second-order valence-electron chi connectivity index (χ2n) is 7.85. The van der Waals surface area contributed by atoms with Crippen molar-refractivity contribution in [2.24, 2.45) is 0 Å². The largest absolute Gasteiger partial charge is 0.337 e. The van der Waals surface area contributed by atoms with Crippen LogP contribution in [-0.4, -0.2) is 50.0 Å². The van der Waals surface area contributed by atoms with Gasteiger partial charge in [-0.1, -0.05) is 5.16 Å². The van der Waals surface area contributed by atoms with Crippen LogP contribution in [0.1, 0.15) is 11.3 Å². The number of halogens is 2. The van der Waals surface area contributed by atoms with Crippen molar-refractivity contribution in [1.82, 2.24) is 10.1 Å². The molecular formula is C22H21F2N5O5S. The van der Waals surface area contributed by atoms with E-state index in [-0.39, 0.29) is 36.1 Å². The molecule has 35 heavy (non-hydrogen) atoms. The number of hydrogen-bond donors (Lipinski definition) is 2. The fourth-order valence-corrected chi connectivity index (χ4v) is 4.45. The molecule has 0 bridgehead atoms. The topological polar surface area (TPSA) is 125 Å². The molecule has 2 aromatic carbocycles. The Morgan fingerprint density at radius 1 is 1.09 bits per heavy atom. The van der Waals surface area contributed by atoms with Crippen LogP contribution in [-0.2, 0) is 14.8 Å². The van der Waals surface area contributed by atoms with E-state index in [1.54, 1.807) is 13.8 Å². The van der Waals surface area contributed by atoms with Gasteiger partial charge in [0.15, 0.2) is 11.6 Å². The van der Waals surface area contributed by atoms with Crippen molar-refractivity contribution in [3.8, 4) is 0 Å². The Kier molecular flexibility index (Phi) is 6.43. The summed E-state index contributed by atoms with van der Waals surface area (Å²) in [6.07, 6.45) is 0. The second-order valence-corrected chi connectivity index (χ2v) is 9.54. The van der Waals surface area contributed by atoms with E-state index in [1.165, 1.54) is 40.1 Å². The number of carbonyl (C=O) groups excluding carboxylic acids is 2. The third kappa shape index (κ3) is 5.09. The molecule has 184 valence electrons. The van der Waals surface area contributed by atoms with Gasteiger partial charge in [-0.3, -0.25) is 9.69 Å². The first-order valence-corrected chi connectivity index (χ1v) is 11.9. The summed E-state index contributed by atoms with van der Waals surface area (Å²) in [7, 11) is -3.94. The molecule has 1 fully saturated rings. The lowest BCUT2D eigenvalue weighted by atomic mass is 10.3. The monoisotopic (exact) mass is 505 g/mol. The van der Waals surface area contributed by atoms with Crippen LogP contribution in [0.15, 0.2) is 51.9 Å². The molecule has 4 rings (SSSR count). The van der Waals surface area contributed by atoms with Crippen molar-refractivity contribution < 1.29 is 31.3 Å². The van der Waals surface area contributed by atoms with Crippen molar-refractivity contribution in [1.29, 1.82) is 0 Å². The zero-order valence-corrected chi connectivity index (χ0v) is 19.5. The summed E-state index contributed by atoms with van der Waals surface area (Å²) in [5, 5.41) is 6.30. The quantitative estimate of drug-likeness (QED) is 0.508. The molecule has 0 atom stereocenters. The lowest BCUT2D eigenvalue weighted by Gasteiger charge is -2.18. The first-order valence-electron chi connectivity index (χ1n) is 10.4. The van der Waals surface area contributed by atoms with Gasteiger partial charge in [0.1, 0.15) is 6.54 Å². The van der Waals surface area contributed by atoms with Crippen LogP contribution in [0.3, 0.4) is 0 Å². The number of aromatic nitrogens is 1. The van der Waals surface area contributed by atoms with Crippen LogP contribution in [0.25, 0.3) is 0 Å². The summed E-state index contributed by atoms with van der Waals surface area (Å²) < 4.78 is 59.1. The third-order valence-electron chi connectivity index (χ3n) is 5.48. The fourth-order valence-electron chi connectivity index (χ4n) is 3.40. The van der Waals surface area contributed by atoms with E-state index in [1.807, 2.05) is 0 Å². The Morgan fingerprint density at radius 3 is 2.43 bits per heavy atom. The Morgan fingerprint density at radius 2 is 1.80 bits per heavy atom. The number of benzene rings is 2. The van der Waals surface area contributed by atoms with Gasteiger partial charge in [0.05, 0.1) is 10.6 Å². The minimum absolute atomic E-state index is 0.0209. The molecule has 0 aliphatic carbocycles. The van der Waals surface area contributed by atoms with Crippen molar-refractivity contribution in [3.05, 3.63) is 65.4 Å². The summed E-state index contributed by atoms with van der Waals surface area (Å²) >= 11 is 0. The molecule has 0 spiro atoms. The van der Waals surface area contributed by atoms with Gasteiger partial charge in [-0.15, -0.1) is 0 Å². The van der Waals surface area contributed by atoms with Crippen molar-refractivity contribution in [2.75, 3.05) is 34.6 Å². The predicted octanol–water partition coefficient (Wildman–Crippen LogP) is 3.25. The third-order valence-corrected chi connectivity index (χ3v) is 6.82. The Bertz CT molecular complexity index is 1390. The van der Waals surface area contributed by atoms with Gasteiger partial charge in [0.2, 0.25) is 11.8 Å². The van der Waals surface area contributed by atoms with E-state index in [2.05, 4.69) is 15.2 Å². The van der Waals surface area contributed by atoms with E-state index in [0.29, 0.717) is 16.9 Å². The van der Waals surface area contributed by atoms with E-state index < -0.39 is 33.6 Å². The van der Waals surface area contributed by atoms with Gasteiger partial charge in [-0.05, 0) is 50.2 Å². The zero-order valence-electron chi connectivity index (χ0n) is 18.7. The average molecular weight is 506 g/mol. The molecule has 0 radical (unpaired) electrons. The van der Waals surface area contributed by atoms with Gasteiger partial charge in [-0.2, -0.15) is 0 Å². The summed E-state index contributed by atoms with van der Waals surface area (Å²) in [6.45, 7) is 3.51. The highest BCUT2D eigenvalue weighted by atomic mass is 32.2. The Hall–Kier alpha value is -4.00. The molecule has 0 unspecified atom stereocenters. The molecule has 1 aliphatic heterocycles. The molecule has 1 aliphatic rings. The first-order chi connectivity index (χ1) is 16.5. The molecule has 10 nitrogen and oxygen atoms in total. The molecule has 1 saturated heterocycles. The van der Waals surface area contributed by atoms with E-state index in [0.717, 1.165) is 12.1 Å². The van der Waals surface area contributed by atoms with Crippen molar-refractivity contribution in [2.45, 2.75) is 18.7 Å². The van der Waals surface area contributed by atoms with Crippen LogP contribution < -0.4 is 14.9 Å². The number of nitrogens with zero attached hydrogens (tertiary/aromatic N) is 3. The lowest BCUT2D eigenvalue weighted by Crippen LogP contribution is -2.37. The Balaban J connectivity index is 1.36. The molecule has 3 amide bonds. The summed E-state index contributed by atoms with van der Waals surface area (Å²) in [5.41, 5.74) is 1.64. The van der Waals surface area contributed by atoms with Gasteiger partial charge < -0.3 is 14.7 Å². The predicted molar refractivity (Wildman–Crippen MR) is 123 cm³/mol. The summed E-state index contributed by atoms with van der Waals surface area (Å²) in [6, 6.07) is 8.05. The number of aryl methyl sites for hydroxylation is 1. The molecule has 0 saturated carbocycles. The van der Waals surface area contributed by atoms with Gasteiger partial charge in [0, 0.05) is 36.1 Å². The van der Waals surface area contributed by atoms with Crippen molar-refractivity contribution in [3.63, 3.8) is 0 Å². The first kappa shape index (κ1) is 24.1. The highest BCUT2D eigenvalue weighted by Crippen LogP contribution is 2.24. The average Bonchev–Trinajstić information content (AvgIpc) is 3.32. The van der Waals surface area contributed by atoms with E-state index >= 15 is 0 Å². The van der Waals surface area contributed by atoms with Crippen LogP contribution in [0.5, 0.6) is 0 Å². The van der Waals surface area contributed by atoms with Gasteiger partial charge >= 0.3 is 6.03 Å². The SMILES string of the molecule is Cc1noc(NS(=O)(=O)c2ccc(NC(=O)CN3CCN(c4ccc(F)c(F)c4)C3=O)cc2)c1C. The maximum atomic E-state index is 13.5. The van der Waals surface area contributed by atoms with Crippen molar-refractivity contribution >= 4 is 39.2 Å². The number of sulfonamides is 1. The molecule has 3 aromatic rings. The minimum Gasteiger partial charge on any atom is -0.337 e. The van der Waals surface area contributed by atoms with Crippen LogP contribution in [0.4, 0.5) is 30.8 Å². The minimum atomic E-state index is -3.94. The molecular weight excluding hydrogens is 484 g/mol. The van der Waals surface area contributed by atoms with Gasteiger partial charge in [0.25, 0.3) is 10.0 Å². The van der Waals surface area contributed by atoms with Crippen LogP contribution in [0, 0.1) is 25.5 Å². The number of amides is 3. The number of anilines is 3. The number of rotatable bonds is 7. The highest BCUT2D eigenvalue weighted by molar-refractivity contribution is 7.92. The molecule has 13 heteroatoms. The number of hydrogen-bond acceptors (Lipinski definition) is 6. The van der Waals surface area contributed by atoms with Gasteiger partial charge in [-0.25, -0.2) is 26.7 Å². The van der Waals surface area contributed by atoms with E-state index in [4.69, 9.17) is 4.52 Å². The second kappa shape index (κ2) is 9.33. The normalized spacial score (nSPS) is 13.9. The highest BCUT2D eigenvalue weighted by Gasteiger charge is 2.31. The summed E-state index contributed by atoms with van der Waals surface area (Å²) in [5.74, 6) is -2.58. The molecule has 2 heterocycles. The Labute approximate surface area is 199 Å². The number of urea groups is 1. The fraction of sp³-hybridized carbons (Fsp3) is 0.227. The maximum Gasteiger partial charge on any atom is 0.325 e. The summed E-state index contributed by atoms with van der Waals surface area (Å²) in [4.78, 5) is 27.5.